The zero-order chi connectivity index (χ0) is 17.1. The Hall–Kier alpha value is -1.75. The van der Waals surface area contributed by atoms with Crippen molar-refractivity contribution in [2.45, 2.75) is 32.2 Å². The Morgan fingerprint density at radius 1 is 1.08 bits per heavy atom. The third-order valence-corrected chi connectivity index (χ3v) is 4.98. The second kappa shape index (κ2) is 7.43. The van der Waals surface area contributed by atoms with Crippen LogP contribution in [0.2, 0.25) is 5.02 Å². The Bertz CT molecular complexity index is 601. The molecule has 3 amide bonds. The van der Waals surface area contributed by atoms with E-state index in [1.54, 1.807) is 0 Å². The Morgan fingerprint density at radius 3 is 2.38 bits per heavy atom. The quantitative estimate of drug-likeness (QED) is 0.911. The number of urea groups is 1. The Balaban J connectivity index is 1.53. The molecular weight excluding hydrogens is 326 g/mol. The summed E-state index contributed by atoms with van der Waals surface area (Å²) in [7, 11) is 0. The van der Waals surface area contributed by atoms with Gasteiger partial charge in [-0.25, -0.2) is 4.79 Å². The number of rotatable bonds is 3. The van der Waals surface area contributed by atoms with Crippen molar-refractivity contribution in [3.8, 4) is 0 Å². The second-order valence-corrected chi connectivity index (χ2v) is 7.10. The summed E-state index contributed by atoms with van der Waals surface area (Å²) in [5.74, 6) is 0.516. The van der Waals surface area contributed by atoms with Crippen LogP contribution in [0.25, 0.3) is 0 Å². The topological polar surface area (TPSA) is 52.7 Å². The van der Waals surface area contributed by atoms with E-state index in [2.05, 4.69) is 5.32 Å². The van der Waals surface area contributed by atoms with Gasteiger partial charge in [0.25, 0.3) is 0 Å². The Labute approximate surface area is 147 Å². The van der Waals surface area contributed by atoms with Crippen LogP contribution >= 0.6 is 11.6 Å². The Kier molecular flexibility index (Phi) is 5.29. The summed E-state index contributed by atoms with van der Waals surface area (Å²) in [4.78, 5) is 28.4. The first kappa shape index (κ1) is 17.1. The van der Waals surface area contributed by atoms with Gasteiger partial charge in [0.1, 0.15) is 0 Å². The number of hydrogen-bond acceptors (Lipinski definition) is 2. The molecule has 2 aliphatic rings. The van der Waals surface area contributed by atoms with Gasteiger partial charge in [0.2, 0.25) is 5.91 Å². The summed E-state index contributed by atoms with van der Waals surface area (Å²) in [6.45, 7) is 4.64. The molecule has 1 aliphatic carbocycles. The smallest absolute Gasteiger partial charge is 0.317 e. The molecular formula is C18H24ClN3O2. The van der Waals surface area contributed by atoms with Gasteiger partial charge in [-0.15, -0.1) is 0 Å². The molecule has 1 aromatic rings. The van der Waals surface area contributed by atoms with E-state index < -0.39 is 0 Å². The number of carbonyl (C=O) groups is 2. The minimum absolute atomic E-state index is 0.0711. The van der Waals surface area contributed by atoms with Crippen molar-refractivity contribution in [3.63, 3.8) is 0 Å². The molecule has 0 radical (unpaired) electrons. The molecule has 3 rings (SSSR count). The molecule has 6 heteroatoms. The lowest BCUT2D eigenvalue weighted by atomic mass is 10.1. The number of halogens is 1. The number of amides is 3. The number of nitrogens with zero attached hydrogens (tertiary/aromatic N) is 2. The minimum atomic E-state index is -0.0813. The summed E-state index contributed by atoms with van der Waals surface area (Å²) < 4.78 is 0. The fourth-order valence-electron chi connectivity index (χ4n) is 3.04. The standard InChI is InChI=1S/C18H24ClN3O2/c1-13(14-5-7-16(19)8-6-14)20-18(24)22-10-2-9-21(11-12-22)17(23)15-3-4-15/h5-8,13,15H,2-4,9-12H2,1H3,(H,20,24)/t13-/m0/s1. The van der Waals surface area contributed by atoms with Gasteiger partial charge in [0.05, 0.1) is 6.04 Å². The predicted molar refractivity (Wildman–Crippen MR) is 93.9 cm³/mol. The zero-order valence-corrected chi connectivity index (χ0v) is 14.8. The van der Waals surface area contributed by atoms with Crippen molar-refractivity contribution in [1.82, 2.24) is 15.1 Å². The van der Waals surface area contributed by atoms with Crippen LogP contribution in [0.4, 0.5) is 4.79 Å². The van der Waals surface area contributed by atoms with Crippen molar-refractivity contribution < 1.29 is 9.59 Å². The maximum atomic E-state index is 12.5. The highest BCUT2D eigenvalue weighted by Gasteiger charge is 2.34. The first-order chi connectivity index (χ1) is 11.5. The average molecular weight is 350 g/mol. The molecule has 1 heterocycles. The molecule has 1 saturated carbocycles. The second-order valence-electron chi connectivity index (χ2n) is 6.66. The van der Waals surface area contributed by atoms with Gasteiger partial charge >= 0.3 is 6.03 Å². The third kappa shape index (κ3) is 4.20. The van der Waals surface area contributed by atoms with Gasteiger partial charge in [-0.1, -0.05) is 23.7 Å². The third-order valence-electron chi connectivity index (χ3n) is 4.73. The average Bonchev–Trinajstić information content (AvgIpc) is 3.41. The lowest BCUT2D eigenvalue weighted by Crippen LogP contribution is -2.43. The molecule has 0 aromatic heterocycles. The predicted octanol–water partition coefficient (Wildman–Crippen LogP) is 3.05. The Morgan fingerprint density at radius 2 is 1.71 bits per heavy atom. The fraction of sp³-hybridized carbons (Fsp3) is 0.556. The highest BCUT2D eigenvalue weighted by molar-refractivity contribution is 6.30. The summed E-state index contributed by atoms with van der Waals surface area (Å²) in [5, 5.41) is 3.72. The van der Waals surface area contributed by atoms with E-state index in [0.29, 0.717) is 24.7 Å². The lowest BCUT2D eigenvalue weighted by Gasteiger charge is -2.24. The van der Waals surface area contributed by atoms with Crippen LogP contribution in [0.1, 0.15) is 37.8 Å². The van der Waals surface area contributed by atoms with Crippen LogP contribution in [-0.4, -0.2) is 47.9 Å². The van der Waals surface area contributed by atoms with Gasteiger partial charge in [0.15, 0.2) is 0 Å². The summed E-state index contributed by atoms with van der Waals surface area (Å²) in [6.07, 6.45) is 2.89. The molecule has 5 nitrogen and oxygen atoms in total. The fourth-order valence-corrected chi connectivity index (χ4v) is 3.17. The molecule has 24 heavy (non-hydrogen) atoms. The first-order valence-corrected chi connectivity index (χ1v) is 9.02. The van der Waals surface area contributed by atoms with E-state index in [-0.39, 0.29) is 23.9 Å². The normalized spacial score (nSPS) is 19.6. The van der Waals surface area contributed by atoms with Gasteiger partial charge < -0.3 is 15.1 Å². The van der Waals surface area contributed by atoms with Gasteiger partial charge in [0, 0.05) is 37.1 Å². The highest BCUT2D eigenvalue weighted by Crippen LogP contribution is 2.31. The van der Waals surface area contributed by atoms with E-state index in [9.17, 15) is 9.59 Å². The summed E-state index contributed by atoms with van der Waals surface area (Å²) in [5.41, 5.74) is 1.02. The van der Waals surface area contributed by atoms with Crippen LogP contribution in [0.5, 0.6) is 0 Å². The molecule has 1 aromatic carbocycles. The van der Waals surface area contributed by atoms with Crippen molar-refractivity contribution in [3.05, 3.63) is 34.9 Å². The van der Waals surface area contributed by atoms with E-state index in [0.717, 1.165) is 31.4 Å². The maximum absolute atomic E-state index is 12.5. The van der Waals surface area contributed by atoms with Crippen molar-refractivity contribution in [2.75, 3.05) is 26.2 Å². The van der Waals surface area contributed by atoms with Crippen molar-refractivity contribution in [2.24, 2.45) is 5.92 Å². The van der Waals surface area contributed by atoms with Crippen LogP contribution in [0, 0.1) is 5.92 Å². The van der Waals surface area contributed by atoms with Gasteiger partial charge in [-0.2, -0.15) is 0 Å². The minimum Gasteiger partial charge on any atom is -0.341 e. The summed E-state index contributed by atoms with van der Waals surface area (Å²) in [6, 6.07) is 7.34. The van der Waals surface area contributed by atoms with Gasteiger partial charge in [-0.05, 0) is 43.9 Å². The van der Waals surface area contributed by atoms with Crippen molar-refractivity contribution in [1.29, 1.82) is 0 Å². The molecule has 2 fully saturated rings. The van der Waals surface area contributed by atoms with E-state index in [4.69, 9.17) is 11.6 Å². The largest absolute Gasteiger partial charge is 0.341 e. The zero-order valence-electron chi connectivity index (χ0n) is 14.0. The number of benzene rings is 1. The molecule has 1 aliphatic heterocycles. The number of hydrogen-bond donors (Lipinski definition) is 1. The number of nitrogens with one attached hydrogen (secondary N) is 1. The van der Waals surface area contributed by atoms with Crippen LogP contribution in [0.3, 0.4) is 0 Å². The van der Waals surface area contributed by atoms with E-state index in [1.165, 1.54) is 0 Å². The molecule has 0 unspecified atom stereocenters. The SMILES string of the molecule is C[C@H](NC(=O)N1CCCN(C(=O)C2CC2)CC1)c1ccc(Cl)cc1. The monoisotopic (exact) mass is 349 g/mol. The van der Waals surface area contributed by atoms with Crippen LogP contribution in [0.15, 0.2) is 24.3 Å². The van der Waals surface area contributed by atoms with Crippen LogP contribution in [-0.2, 0) is 4.79 Å². The highest BCUT2D eigenvalue weighted by atomic mass is 35.5. The summed E-state index contributed by atoms with van der Waals surface area (Å²) >= 11 is 5.90. The first-order valence-electron chi connectivity index (χ1n) is 8.64. The molecule has 1 atom stereocenters. The molecule has 1 N–H and O–H groups in total. The molecule has 1 saturated heterocycles. The van der Waals surface area contributed by atoms with Crippen LogP contribution < -0.4 is 5.32 Å². The lowest BCUT2D eigenvalue weighted by molar-refractivity contribution is -0.132. The molecule has 0 bridgehead atoms. The molecule has 130 valence electrons. The van der Waals surface area contributed by atoms with Crippen molar-refractivity contribution >= 4 is 23.5 Å². The number of carbonyl (C=O) groups excluding carboxylic acids is 2. The van der Waals surface area contributed by atoms with Gasteiger partial charge in [-0.3, -0.25) is 4.79 Å². The van der Waals surface area contributed by atoms with E-state index >= 15 is 0 Å². The van der Waals surface area contributed by atoms with E-state index in [1.807, 2.05) is 41.0 Å². The maximum Gasteiger partial charge on any atom is 0.317 e. The molecule has 0 spiro atoms.